The summed E-state index contributed by atoms with van der Waals surface area (Å²) in [6.07, 6.45) is 0.880. The molecule has 0 unspecified atom stereocenters. The molecule has 2 aliphatic rings. The molecule has 0 aromatic heterocycles. The van der Waals surface area contributed by atoms with Gasteiger partial charge in [0.05, 0.1) is 11.1 Å². The first-order valence-electron chi connectivity index (χ1n) is 5.08. The summed E-state index contributed by atoms with van der Waals surface area (Å²) in [5.74, 6) is 1.02. The zero-order chi connectivity index (χ0) is 10.3. The van der Waals surface area contributed by atoms with Crippen LogP contribution in [-0.4, -0.2) is 35.7 Å². The first-order valence-corrected chi connectivity index (χ1v) is 5.45. The normalized spacial score (nSPS) is 27.3. The van der Waals surface area contributed by atoms with Gasteiger partial charge in [-0.1, -0.05) is 25.4 Å². The van der Waals surface area contributed by atoms with E-state index in [4.69, 9.17) is 11.6 Å². The lowest BCUT2D eigenvalue weighted by Crippen LogP contribution is -2.54. The van der Waals surface area contributed by atoms with Crippen LogP contribution in [0.25, 0.3) is 0 Å². The summed E-state index contributed by atoms with van der Waals surface area (Å²) < 4.78 is 0. The van der Waals surface area contributed by atoms with Crippen molar-refractivity contribution >= 4 is 11.6 Å². The fraction of sp³-hybridized carbons (Fsp3) is 0.800. The van der Waals surface area contributed by atoms with E-state index < -0.39 is 0 Å². The Morgan fingerprint density at radius 3 is 2.71 bits per heavy atom. The monoisotopic (exact) mass is 216 g/mol. The Bertz CT molecular complexity index is 269. The number of likely N-dealkylation sites (tertiary alicyclic amines) is 1. The van der Waals surface area contributed by atoms with E-state index >= 15 is 0 Å². The molecule has 0 bridgehead atoms. The van der Waals surface area contributed by atoms with Crippen LogP contribution in [0.1, 0.15) is 20.3 Å². The number of rotatable bonds is 1. The van der Waals surface area contributed by atoms with E-state index in [1.54, 1.807) is 0 Å². The molecule has 0 spiro atoms. The fourth-order valence-electron chi connectivity index (χ4n) is 1.89. The summed E-state index contributed by atoms with van der Waals surface area (Å²) in [7, 11) is 0. The maximum Gasteiger partial charge on any atom is 0.117 e. The third-order valence-electron chi connectivity index (χ3n) is 3.02. The molecular weight excluding hydrogens is 200 g/mol. The van der Waals surface area contributed by atoms with E-state index in [-0.39, 0.29) is 11.5 Å². The van der Waals surface area contributed by atoms with Gasteiger partial charge in [0, 0.05) is 25.0 Å². The standard InChI is InChI=1S/C10H17ClN2O/c1-10(2)3-4-12-9(8(10)11)13-5-7(14)6-13/h7,12,14H,3-6H2,1-2H3. The Hall–Kier alpha value is -0.410. The van der Waals surface area contributed by atoms with Crippen LogP contribution in [0.2, 0.25) is 0 Å². The highest BCUT2D eigenvalue weighted by Gasteiger charge is 2.35. The molecule has 4 heteroatoms. The van der Waals surface area contributed by atoms with Crippen molar-refractivity contribution in [2.75, 3.05) is 19.6 Å². The fourth-order valence-corrected chi connectivity index (χ4v) is 2.17. The minimum absolute atomic E-state index is 0.0721. The van der Waals surface area contributed by atoms with Crippen LogP contribution in [0.3, 0.4) is 0 Å². The second-order valence-electron chi connectivity index (χ2n) is 4.78. The summed E-state index contributed by atoms with van der Waals surface area (Å²) in [6, 6.07) is 0. The molecule has 2 aliphatic heterocycles. The van der Waals surface area contributed by atoms with Gasteiger partial charge in [-0.05, 0) is 6.42 Å². The summed E-state index contributed by atoms with van der Waals surface area (Å²) in [5.41, 5.74) is 0.0721. The smallest absolute Gasteiger partial charge is 0.117 e. The highest BCUT2D eigenvalue weighted by molar-refractivity contribution is 6.30. The van der Waals surface area contributed by atoms with Gasteiger partial charge in [-0.3, -0.25) is 0 Å². The summed E-state index contributed by atoms with van der Waals surface area (Å²) in [5, 5.41) is 13.4. The molecule has 0 aromatic carbocycles. The van der Waals surface area contributed by atoms with Gasteiger partial charge in [0.25, 0.3) is 0 Å². The van der Waals surface area contributed by atoms with Gasteiger partial charge < -0.3 is 15.3 Å². The van der Waals surface area contributed by atoms with Gasteiger partial charge in [-0.25, -0.2) is 0 Å². The Kier molecular flexibility index (Phi) is 2.40. The number of hydrogen-bond donors (Lipinski definition) is 2. The maximum atomic E-state index is 9.23. The molecule has 1 fully saturated rings. The third-order valence-corrected chi connectivity index (χ3v) is 3.71. The van der Waals surface area contributed by atoms with Crippen LogP contribution < -0.4 is 5.32 Å². The summed E-state index contributed by atoms with van der Waals surface area (Å²) >= 11 is 6.32. The van der Waals surface area contributed by atoms with Gasteiger partial charge in [0.2, 0.25) is 0 Å². The number of β-amino-alcohol motifs (C(OH)–C–C–N with tert-alkyl or cyclic N) is 1. The van der Waals surface area contributed by atoms with E-state index in [1.807, 2.05) is 0 Å². The van der Waals surface area contributed by atoms with Crippen molar-refractivity contribution in [1.29, 1.82) is 0 Å². The minimum Gasteiger partial charge on any atom is -0.389 e. The molecule has 0 radical (unpaired) electrons. The van der Waals surface area contributed by atoms with Crippen molar-refractivity contribution in [3.8, 4) is 0 Å². The van der Waals surface area contributed by atoms with Crippen LogP contribution in [0.4, 0.5) is 0 Å². The van der Waals surface area contributed by atoms with Crippen LogP contribution in [0.5, 0.6) is 0 Å². The van der Waals surface area contributed by atoms with Gasteiger partial charge in [0.1, 0.15) is 5.82 Å². The number of aliphatic hydroxyl groups excluding tert-OH is 1. The molecule has 2 N–H and O–H groups in total. The van der Waals surface area contributed by atoms with Crippen LogP contribution in [-0.2, 0) is 0 Å². The lowest BCUT2D eigenvalue weighted by atomic mass is 9.86. The second-order valence-corrected chi connectivity index (χ2v) is 5.16. The zero-order valence-electron chi connectivity index (χ0n) is 8.68. The topological polar surface area (TPSA) is 35.5 Å². The Morgan fingerprint density at radius 2 is 2.14 bits per heavy atom. The van der Waals surface area contributed by atoms with E-state index in [1.165, 1.54) is 0 Å². The Labute approximate surface area is 89.7 Å². The molecule has 0 aromatic rings. The van der Waals surface area contributed by atoms with E-state index in [0.29, 0.717) is 13.1 Å². The molecule has 0 saturated carbocycles. The van der Waals surface area contributed by atoms with Gasteiger partial charge in [-0.2, -0.15) is 0 Å². The predicted molar refractivity (Wildman–Crippen MR) is 56.9 cm³/mol. The first kappa shape index (κ1) is 10.1. The van der Waals surface area contributed by atoms with E-state index in [0.717, 1.165) is 23.8 Å². The van der Waals surface area contributed by atoms with Crippen LogP contribution in [0, 0.1) is 5.41 Å². The van der Waals surface area contributed by atoms with Gasteiger partial charge in [-0.15, -0.1) is 0 Å². The first-order chi connectivity index (χ1) is 6.50. The lowest BCUT2D eigenvalue weighted by Gasteiger charge is -2.44. The van der Waals surface area contributed by atoms with Crippen LogP contribution in [0.15, 0.2) is 10.9 Å². The molecule has 2 rings (SSSR count). The van der Waals surface area contributed by atoms with E-state index in [2.05, 4.69) is 24.1 Å². The number of aliphatic hydroxyl groups is 1. The third kappa shape index (κ3) is 1.59. The van der Waals surface area contributed by atoms with Gasteiger partial charge in [0.15, 0.2) is 0 Å². The zero-order valence-corrected chi connectivity index (χ0v) is 9.43. The largest absolute Gasteiger partial charge is 0.389 e. The molecule has 80 valence electrons. The average molecular weight is 217 g/mol. The Morgan fingerprint density at radius 1 is 1.50 bits per heavy atom. The van der Waals surface area contributed by atoms with Crippen molar-refractivity contribution in [3.05, 3.63) is 10.9 Å². The molecule has 3 nitrogen and oxygen atoms in total. The predicted octanol–water partition coefficient (Wildman–Crippen LogP) is 1.09. The van der Waals surface area contributed by atoms with Gasteiger partial charge >= 0.3 is 0 Å². The van der Waals surface area contributed by atoms with Crippen molar-refractivity contribution in [2.24, 2.45) is 5.41 Å². The highest BCUT2D eigenvalue weighted by atomic mass is 35.5. The van der Waals surface area contributed by atoms with Crippen molar-refractivity contribution in [3.63, 3.8) is 0 Å². The number of allylic oxidation sites excluding steroid dienone is 1. The van der Waals surface area contributed by atoms with Crippen molar-refractivity contribution in [2.45, 2.75) is 26.4 Å². The summed E-state index contributed by atoms with van der Waals surface area (Å²) in [6.45, 7) is 6.69. The Balaban J connectivity index is 2.16. The lowest BCUT2D eigenvalue weighted by molar-refractivity contribution is 0.0170. The molecule has 1 saturated heterocycles. The van der Waals surface area contributed by atoms with Crippen LogP contribution >= 0.6 is 11.6 Å². The van der Waals surface area contributed by atoms with E-state index in [9.17, 15) is 5.11 Å². The van der Waals surface area contributed by atoms with Crippen molar-refractivity contribution in [1.82, 2.24) is 10.2 Å². The quantitative estimate of drug-likeness (QED) is 0.689. The van der Waals surface area contributed by atoms with Crippen molar-refractivity contribution < 1.29 is 5.11 Å². The summed E-state index contributed by atoms with van der Waals surface area (Å²) in [4.78, 5) is 2.11. The molecule has 0 atom stereocenters. The second kappa shape index (κ2) is 3.31. The number of halogens is 1. The highest BCUT2D eigenvalue weighted by Crippen LogP contribution is 2.38. The SMILES string of the molecule is CC1(C)CCNC(N2CC(O)C2)=C1Cl. The number of nitrogens with zero attached hydrogens (tertiary/aromatic N) is 1. The molecule has 0 amide bonds. The molecule has 2 heterocycles. The number of nitrogens with one attached hydrogen (secondary N) is 1. The maximum absolute atomic E-state index is 9.23. The molecular formula is C10H17ClN2O. The molecule has 14 heavy (non-hydrogen) atoms. The molecule has 0 aliphatic carbocycles. The minimum atomic E-state index is -0.182. The average Bonchev–Trinajstić information content (AvgIpc) is 2.05. The number of hydrogen-bond acceptors (Lipinski definition) is 3.